The second-order valence-corrected chi connectivity index (χ2v) is 8.69. The molecule has 5 heteroatoms. The summed E-state index contributed by atoms with van der Waals surface area (Å²) in [7, 11) is -3.51. The minimum absolute atomic E-state index is 0.343. The Kier molecular flexibility index (Phi) is 8.01. The van der Waals surface area contributed by atoms with Gasteiger partial charge in [0, 0.05) is 18.0 Å². The quantitative estimate of drug-likeness (QED) is 0.610. The van der Waals surface area contributed by atoms with Crippen LogP contribution in [0.15, 0.2) is 23.8 Å². The summed E-state index contributed by atoms with van der Waals surface area (Å²) >= 11 is 0. The SMILES string of the molecule is CCCCCCCCCNS(=O)(=O)C1(C)C=CC=C(C#N)C1C. The number of hydrogen-bond donors (Lipinski definition) is 1. The second-order valence-electron chi connectivity index (χ2n) is 6.52. The molecule has 0 bridgehead atoms. The lowest BCUT2D eigenvalue weighted by Crippen LogP contribution is -2.48. The van der Waals surface area contributed by atoms with E-state index in [1.807, 2.05) is 0 Å². The normalized spacial score (nSPS) is 24.3. The van der Waals surface area contributed by atoms with Crippen LogP contribution in [0.3, 0.4) is 0 Å². The predicted molar refractivity (Wildman–Crippen MR) is 95.3 cm³/mol. The van der Waals surface area contributed by atoms with Gasteiger partial charge in [0.2, 0.25) is 10.0 Å². The van der Waals surface area contributed by atoms with Crippen molar-refractivity contribution in [3.63, 3.8) is 0 Å². The molecule has 0 heterocycles. The van der Waals surface area contributed by atoms with E-state index in [4.69, 9.17) is 5.26 Å². The van der Waals surface area contributed by atoms with Crippen LogP contribution in [0.25, 0.3) is 0 Å². The summed E-state index contributed by atoms with van der Waals surface area (Å²) < 4.78 is 27.0. The van der Waals surface area contributed by atoms with Gasteiger partial charge in [0.05, 0.1) is 6.07 Å². The molecule has 1 N–H and O–H groups in total. The molecule has 2 unspecified atom stereocenters. The predicted octanol–water partition coefficient (Wildman–Crippen LogP) is 4.07. The standard InChI is InChI=1S/C18H30N2O2S/c1-4-5-6-7-8-9-10-14-20-23(21,22)18(3)13-11-12-17(15-19)16(18)2/h11-13,16,20H,4-10,14H2,1-3H3. The smallest absolute Gasteiger partial charge is 0.214 e. The molecule has 1 aliphatic carbocycles. The molecule has 0 saturated heterocycles. The molecule has 0 spiro atoms. The summed E-state index contributed by atoms with van der Waals surface area (Å²) in [5, 5.41) is 9.13. The third-order valence-corrected chi connectivity index (χ3v) is 7.04. The molecule has 23 heavy (non-hydrogen) atoms. The number of hydrogen-bond acceptors (Lipinski definition) is 3. The van der Waals surface area contributed by atoms with Crippen LogP contribution in [0, 0.1) is 17.2 Å². The van der Waals surface area contributed by atoms with Crippen LogP contribution >= 0.6 is 0 Å². The molecule has 4 nitrogen and oxygen atoms in total. The zero-order valence-electron chi connectivity index (χ0n) is 14.6. The molecule has 130 valence electrons. The summed E-state index contributed by atoms with van der Waals surface area (Å²) in [5.41, 5.74) is 0.510. The van der Waals surface area contributed by atoms with Crippen molar-refractivity contribution < 1.29 is 8.42 Å². The molecule has 0 aromatic rings. The highest BCUT2D eigenvalue weighted by Crippen LogP contribution is 2.35. The van der Waals surface area contributed by atoms with Gasteiger partial charge in [0.1, 0.15) is 4.75 Å². The van der Waals surface area contributed by atoms with Crippen LogP contribution in [-0.4, -0.2) is 19.7 Å². The second kappa shape index (κ2) is 9.24. The van der Waals surface area contributed by atoms with Gasteiger partial charge in [-0.3, -0.25) is 0 Å². The molecule has 0 fully saturated rings. The molecule has 1 rings (SSSR count). The van der Waals surface area contributed by atoms with Gasteiger partial charge in [-0.25, -0.2) is 13.1 Å². The van der Waals surface area contributed by atoms with Crippen molar-refractivity contribution in [2.75, 3.05) is 6.54 Å². The van der Waals surface area contributed by atoms with Crippen LogP contribution < -0.4 is 4.72 Å². The van der Waals surface area contributed by atoms with E-state index in [1.54, 1.807) is 32.1 Å². The fourth-order valence-corrected chi connectivity index (χ4v) is 4.42. The number of allylic oxidation sites excluding steroid dienone is 3. The Morgan fingerprint density at radius 3 is 2.43 bits per heavy atom. The molecule has 0 aromatic carbocycles. The minimum atomic E-state index is -3.51. The lowest BCUT2D eigenvalue weighted by Gasteiger charge is -2.34. The van der Waals surface area contributed by atoms with E-state index in [2.05, 4.69) is 17.7 Å². The van der Waals surface area contributed by atoms with Gasteiger partial charge >= 0.3 is 0 Å². The molecular formula is C18H30N2O2S. The van der Waals surface area contributed by atoms with Crippen molar-refractivity contribution in [2.45, 2.75) is 70.5 Å². The number of nitrogens with one attached hydrogen (secondary N) is 1. The van der Waals surface area contributed by atoms with Gasteiger partial charge in [-0.05, 0) is 19.4 Å². The molecule has 1 aliphatic rings. The Labute approximate surface area is 141 Å². The Morgan fingerprint density at radius 2 is 1.83 bits per heavy atom. The van der Waals surface area contributed by atoms with E-state index in [9.17, 15) is 8.42 Å². The maximum Gasteiger partial charge on any atom is 0.221 e. The zero-order chi connectivity index (χ0) is 17.3. The lowest BCUT2D eigenvalue weighted by atomic mass is 9.84. The highest BCUT2D eigenvalue weighted by atomic mass is 32.2. The van der Waals surface area contributed by atoms with Gasteiger partial charge in [0.25, 0.3) is 0 Å². The van der Waals surface area contributed by atoms with Crippen molar-refractivity contribution in [3.05, 3.63) is 23.8 Å². The highest BCUT2D eigenvalue weighted by molar-refractivity contribution is 7.91. The van der Waals surface area contributed by atoms with E-state index in [-0.39, 0.29) is 5.92 Å². The number of nitrogens with zero attached hydrogens (tertiary/aromatic N) is 1. The monoisotopic (exact) mass is 338 g/mol. The highest BCUT2D eigenvalue weighted by Gasteiger charge is 2.44. The molecule has 0 radical (unpaired) electrons. The maximum atomic E-state index is 12.7. The third-order valence-electron chi connectivity index (χ3n) is 4.81. The van der Waals surface area contributed by atoms with E-state index in [1.165, 1.54) is 25.7 Å². The van der Waals surface area contributed by atoms with Crippen molar-refractivity contribution in [1.82, 2.24) is 4.72 Å². The molecule has 0 aromatic heterocycles. The van der Waals surface area contributed by atoms with Crippen LogP contribution in [0.5, 0.6) is 0 Å². The Balaban J connectivity index is 2.46. The van der Waals surface area contributed by atoms with E-state index < -0.39 is 14.8 Å². The summed E-state index contributed by atoms with van der Waals surface area (Å²) in [6.07, 6.45) is 13.2. The van der Waals surface area contributed by atoms with Gasteiger partial charge < -0.3 is 0 Å². The molecule has 0 saturated carbocycles. The molecule has 0 amide bonds. The van der Waals surface area contributed by atoms with Crippen molar-refractivity contribution in [1.29, 1.82) is 5.26 Å². The summed E-state index contributed by atoms with van der Waals surface area (Å²) in [6, 6.07) is 2.10. The number of rotatable bonds is 10. The summed E-state index contributed by atoms with van der Waals surface area (Å²) in [4.78, 5) is 0. The first-order chi connectivity index (χ1) is 10.9. The Bertz CT molecular complexity index is 572. The van der Waals surface area contributed by atoms with Crippen molar-refractivity contribution in [2.24, 2.45) is 5.92 Å². The van der Waals surface area contributed by atoms with Crippen LogP contribution in [0.1, 0.15) is 65.7 Å². The van der Waals surface area contributed by atoms with Crippen LogP contribution in [-0.2, 0) is 10.0 Å². The third kappa shape index (κ3) is 5.19. The van der Waals surface area contributed by atoms with Crippen LogP contribution in [0.2, 0.25) is 0 Å². The largest absolute Gasteiger partial charge is 0.221 e. The van der Waals surface area contributed by atoms with Gasteiger partial charge in [-0.15, -0.1) is 0 Å². The number of nitriles is 1. The number of sulfonamides is 1. The average molecular weight is 339 g/mol. The van der Waals surface area contributed by atoms with Gasteiger partial charge in [-0.2, -0.15) is 5.26 Å². The fraction of sp³-hybridized carbons (Fsp3) is 0.722. The van der Waals surface area contributed by atoms with E-state index in [0.717, 1.165) is 19.3 Å². The molecule has 2 atom stereocenters. The fourth-order valence-electron chi connectivity index (χ4n) is 2.84. The first-order valence-electron chi connectivity index (χ1n) is 8.67. The first-order valence-corrected chi connectivity index (χ1v) is 10.2. The van der Waals surface area contributed by atoms with E-state index in [0.29, 0.717) is 12.1 Å². The van der Waals surface area contributed by atoms with Gasteiger partial charge in [-0.1, -0.05) is 64.5 Å². The zero-order valence-corrected chi connectivity index (χ0v) is 15.5. The Morgan fingerprint density at radius 1 is 1.22 bits per heavy atom. The first kappa shape index (κ1) is 19.9. The van der Waals surface area contributed by atoms with E-state index >= 15 is 0 Å². The van der Waals surface area contributed by atoms with Gasteiger partial charge in [0.15, 0.2) is 0 Å². The average Bonchev–Trinajstić information content (AvgIpc) is 2.52. The van der Waals surface area contributed by atoms with Crippen LogP contribution in [0.4, 0.5) is 0 Å². The maximum absolute atomic E-state index is 12.7. The van der Waals surface area contributed by atoms with Crippen molar-refractivity contribution >= 4 is 10.0 Å². The topological polar surface area (TPSA) is 70.0 Å². The Hall–Kier alpha value is -1.12. The molecular weight excluding hydrogens is 308 g/mol. The number of unbranched alkanes of at least 4 members (excludes halogenated alkanes) is 6. The van der Waals surface area contributed by atoms with Crippen molar-refractivity contribution in [3.8, 4) is 6.07 Å². The minimum Gasteiger partial charge on any atom is -0.214 e. The molecule has 0 aliphatic heterocycles. The summed E-state index contributed by atoms with van der Waals surface area (Å²) in [6.45, 7) is 6.15. The summed E-state index contributed by atoms with van der Waals surface area (Å²) in [5.74, 6) is -0.343. The lowest BCUT2D eigenvalue weighted by molar-refractivity contribution is 0.491.